The topological polar surface area (TPSA) is 32.3 Å². The van der Waals surface area contributed by atoms with Gasteiger partial charge in [0.2, 0.25) is 5.91 Å². The van der Waals surface area contributed by atoms with E-state index in [2.05, 4.69) is 31.1 Å². The van der Waals surface area contributed by atoms with Gasteiger partial charge in [-0.25, -0.2) is 0 Å². The van der Waals surface area contributed by atoms with Crippen LogP contribution in [-0.4, -0.2) is 37.5 Å². The molecule has 1 saturated heterocycles. The fourth-order valence-electron chi connectivity index (χ4n) is 1.89. The zero-order chi connectivity index (χ0) is 10.6. The number of carbonyl (C=O) groups is 1. The number of nitrogens with zero attached hydrogens (tertiary/aromatic N) is 1. The van der Waals surface area contributed by atoms with E-state index < -0.39 is 0 Å². The van der Waals surface area contributed by atoms with Gasteiger partial charge in [0, 0.05) is 19.5 Å². The normalized spacial score (nSPS) is 23.0. The number of amides is 1. The molecule has 1 aliphatic rings. The van der Waals surface area contributed by atoms with Crippen LogP contribution in [0.2, 0.25) is 0 Å². The van der Waals surface area contributed by atoms with Gasteiger partial charge in [-0.1, -0.05) is 13.8 Å². The third-order valence-corrected chi connectivity index (χ3v) is 2.67. The lowest BCUT2D eigenvalue weighted by atomic mass is 10.1. The Kier molecular flexibility index (Phi) is 4.39. The Balaban J connectivity index is 2.11. The predicted octanol–water partition coefficient (Wildman–Crippen LogP) is 1.10. The zero-order valence-electron chi connectivity index (χ0n) is 9.55. The molecule has 0 saturated carbocycles. The average Bonchev–Trinajstić information content (AvgIpc) is 2.47. The van der Waals surface area contributed by atoms with Crippen LogP contribution in [0.4, 0.5) is 0 Å². The molecule has 1 aliphatic heterocycles. The van der Waals surface area contributed by atoms with Crippen molar-refractivity contribution in [3.8, 4) is 0 Å². The molecule has 1 amide bonds. The van der Waals surface area contributed by atoms with Crippen molar-refractivity contribution in [1.82, 2.24) is 10.2 Å². The van der Waals surface area contributed by atoms with Gasteiger partial charge in [-0.15, -0.1) is 0 Å². The molecule has 14 heavy (non-hydrogen) atoms. The van der Waals surface area contributed by atoms with Crippen LogP contribution in [0.3, 0.4) is 0 Å². The Morgan fingerprint density at radius 3 is 2.79 bits per heavy atom. The van der Waals surface area contributed by atoms with Crippen molar-refractivity contribution >= 4 is 5.91 Å². The second-order valence-electron chi connectivity index (χ2n) is 4.82. The molecule has 82 valence electrons. The number of carbonyl (C=O) groups excluding carboxylic acids is 1. The molecule has 0 aliphatic carbocycles. The van der Waals surface area contributed by atoms with E-state index >= 15 is 0 Å². The molecule has 0 aromatic carbocycles. The molecule has 0 aromatic heterocycles. The van der Waals surface area contributed by atoms with Crippen LogP contribution < -0.4 is 5.32 Å². The summed E-state index contributed by atoms with van der Waals surface area (Å²) in [6, 6.07) is 0. The van der Waals surface area contributed by atoms with Crippen molar-refractivity contribution < 1.29 is 4.79 Å². The molecular weight excluding hydrogens is 176 g/mol. The summed E-state index contributed by atoms with van der Waals surface area (Å²) in [6.45, 7) is 7.30. The first-order chi connectivity index (χ1) is 6.58. The van der Waals surface area contributed by atoms with Gasteiger partial charge in [-0.2, -0.15) is 0 Å². The standard InChI is InChI=1S/C11H22N2O/c1-9(2)6-11(14)12-7-10-4-5-13(3)8-10/h9-10H,4-8H2,1-3H3,(H,12,14). The van der Waals surface area contributed by atoms with E-state index in [1.807, 2.05) is 0 Å². The van der Waals surface area contributed by atoms with Crippen LogP contribution in [0.25, 0.3) is 0 Å². The van der Waals surface area contributed by atoms with Gasteiger partial charge in [0.1, 0.15) is 0 Å². The lowest BCUT2D eigenvalue weighted by Gasteiger charge is -2.12. The van der Waals surface area contributed by atoms with Gasteiger partial charge in [-0.05, 0) is 31.8 Å². The Labute approximate surface area is 86.9 Å². The lowest BCUT2D eigenvalue weighted by Crippen LogP contribution is -2.31. The summed E-state index contributed by atoms with van der Waals surface area (Å²) in [5.74, 6) is 1.33. The SMILES string of the molecule is CC(C)CC(=O)NCC1CCN(C)C1. The average molecular weight is 198 g/mol. The minimum atomic E-state index is 0.203. The van der Waals surface area contributed by atoms with Gasteiger partial charge in [0.15, 0.2) is 0 Å². The minimum Gasteiger partial charge on any atom is -0.356 e. The van der Waals surface area contributed by atoms with Gasteiger partial charge in [0.25, 0.3) is 0 Å². The van der Waals surface area contributed by atoms with E-state index in [9.17, 15) is 4.79 Å². The molecule has 3 heteroatoms. The van der Waals surface area contributed by atoms with Crippen molar-refractivity contribution in [2.75, 3.05) is 26.7 Å². The molecule has 1 N–H and O–H groups in total. The van der Waals surface area contributed by atoms with Gasteiger partial charge >= 0.3 is 0 Å². The Bertz CT molecular complexity index is 192. The van der Waals surface area contributed by atoms with Crippen LogP contribution in [0.5, 0.6) is 0 Å². The molecule has 1 fully saturated rings. The number of nitrogens with one attached hydrogen (secondary N) is 1. The quantitative estimate of drug-likeness (QED) is 0.733. The van der Waals surface area contributed by atoms with Crippen LogP contribution in [0.15, 0.2) is 0 Å². The maximum absolute atomic E-state index is 11.4. The highest BCUT2D eigenvalue weighted by Gasteiger charge is 2.19. The Morgan fingerprint density at radius 2 is 2.29 bits per heavy atom. The van der Waals surface area contributed by atoms with Crippen molar-refractivity contribution in [3.63, 3.8) is 0 Å². The van der Waals surface area contributed by atoms with Crippen molar-refractivity contribution in [2.24, 2.45) is 11.8 Å². The monoisotopic (exact) mass is 198 g/mol. The molecule has 1 rings (SSSR count). The fraction of sp³-hybridized carbons (Fsp3) is 0.909. The summed E-state index contributed by atoms with van der Waals surface area (Å²) in [4.78, 5) is 13.7. The largest absolute Gasteiger partial charge is 0.356 e. The summed E-state index contributed by atoms with van der Waals surface area (Å²) in [5, 5.41) is 3.01. The summed E-state index contributed by atoms with van der Waals surface area (Å²) in [5.41, 5.74) is 0. The van der Waals surface area contributed by atoms with Crippen LogP contribution >= 0.6 is 0 Å². The third-order valence-electron chi connectivity index (χ3n) is 2.67. The molecule has 0 radical (unpaired) electrons. The highest BCUT2D eigenvalue weighted by Crippen LogP contribution is 2.12. The summed E-state index contributed by atoms with van der Waals surface area (Å²) in [7, 11) is 2.13. The van der Waals surface area contributed by atoms with Gasteiger partial charge < -0.3 is 10.2 Å². The van der Waals surface area contributed by atoms with Crippen LogP contribution in [0, 0.1) is 11.8 Å². The van der Waals surface area contributed by atoms with Gasteiger partial charge in [0.05, 0.1) is 0 Å². The van der Waals surface area contributed by atoms with Crippen molar-refractivity contribution in [2.45, 2.75) is 26.7 Å². The fourth-order valence-corrected chi connectivity index (χ4v) is 1.89. The third kappa shape index (κ3) is 4.09. The number of rotatable bonds is 4. The highest BCUT2D eigenvalue weighted by molar-refractivity contribution is 5.76. The second-order valence-corrected chi connectivity index (χ2v) is 4.82. The Hall–Kier alpha value is -0.570. The Morgan fingerprint density at radius 1 is 1.57 bits per heavy atom. The first kappa shape index (κ1) is 11.5. The van der Waals surface area contributed by atoms with E-state index in [1.165, 1.54) is 13.0 Å². The van der Waals surface area contributed by atoms with E-state index in [0.717, 1.165) is 13.1 Å². The first-order valence-corrected chi connectivity index (χ1v) is 5.53. The number of hydrogen-bond donors (Lipinski definition) is 1. The van der Waals surface area contributed by atoms with Gasteiger partial charge in [-0.3, -0.25) is 4.79 Å². The predicted molar refractivity (Wildman–Crippen MR) is 58.1 cm³/mol. The van der Waals surface area contributed by atoms with Crippen molar-refractivity contribution in [3.05, 3.63) is 0 Å². The maximum atomic E-state index is 11.4. The number of hydrogen-bond acceptors (Lipinski definition) is 2. The maximum Gasteiger partial charge on any atom is 0.220 e. The molecule has 0 spiro atoms. The van der Waals surface area contributed by atoms with E-state index in [-0.39, 0.29) is 5.91 Å². The summed E-state index contributed by atoms with van der Waals surface area (Å²) >= 11 is 0. The lowest BCUT2D eigenvalue weighted by molar-refractivity contribution is -0.121. The molecule has 1 atom stereocenters. The minimum absolute atomic E-state index is 0.203. The first-order valence-electron chi connectivity index (χ1n) is 5.53. The van der Waals surface area contributed by atoms with E-state index in [4.69, 9.17) is 0 Å². The van der Waals surface area contributed by atoms with Crippen LogP contribution in [0.1, 0.15) is 26.7 Å². The second kappa shape index (κ2) is 5.35. The molecule has 1 unspecified atom stereocenters. The van der Waals surface area contributed by atoms with Crippen molar-refractivity contribution in [1.29, 1.82) is 0 Å². The molecular formula is C11H22N2O. The van der Waals surface area contributed by atoms with Crippen LogP contribution in [-0.2, 0) is 4.79 Å². The summed E-state index contributed by atoms with van der Waals surface area (Å²) in [6.07, 6.45) is 1.88. The summed E-state index contributed by atoms with van der Waals surface area (Å²) < 4.78 is 0. The molecule has 3 nitrogen and oxygen atoms in total. The van der Waals surface area contributed by atoms with E-state index in [1.54, 1.807) is 0 Å². The molecule has 1 heterocycles. The highest BCUT2D eigenvalue weighted by atomic mass is 16.1. The van der Waals surface area contributed by atoms with E-state index in [0.29, 0.717) is 18.3 Å². The molecule has 0 aromatic rings. The zero-order valence-corrected chi connectivity index (χ0v) is 9.55. The number of likely N-dealkylation sites (tertiary alicyclic amines) is 1. The smallest absolute Gasteiger partial charge is 0.220 e. The molecule has 0 bridgehead atoms.